The summed E-state index contributed by atoms with van der Waals surface area (Å²) in [5.41, 5.74) is 2.09. The quantitative estimate of drug-likeness (QED) is 0.686. The van der Waals surface area contributed by atoms with E-state index in [0.717, 1.165) is 27.4 Å². The summed E-state index contributed by atoms with van der Waals surface area (Å²) < 4.78 is 5.34. The van der Waals surface area contributed by atoms with E-state index in [-0.39, 0.29) is 0 Å². The van der Waals surface area contributed by atoms with Crippen molar-refractivity contribution in [3.8, 4) is 21.9 Å². The van der Waals surface area contributed by atoms with Gasteiger partial charge in [-0.05, 0) is 30.5 Å². The first-order chi connectivity index (χ1) is 9.86. The standard InChI is InChI=1S/C16H15N2OS/c1-2-3-7-15-18-11-14(20-15)12-5-4-6-13(10-12)16-17-8-9-19-16/h4-6,8-10H,2-3,7H2,1H3. The van der Waals surface area contributed by atoms with Gasteiger partial charge >= 0.3 is 0 Å². The van der Waals surface area contributed by atoms with Crippen molar-refractivity contribution in [1.29, 1.82) is 0 Å². The Kier molecular flexibility index (Phi) is 3.92. The molecule has 0 unspecified atom stereocenters. The molecule has 20 heavy (non-hydrogen) atoms. The minimum Gasteiger partial charge on any atom is -0.445 e. The third kappa shape index (κ3) is 2.80. The van der Waals surface area contributed by atoms with E-state index in [2.05, 4.69) is 35.2 Å². The molecule has 0 saturated carbocycles. The molecule has 0 atom stereocenters. The normalized spacial score (nSPS) is 10.8. The molecule has 0 fully saturated rings. The van der Waals surface area contributed by atoms with Gasteiger partial charge in [-0.25, -0.2) is 9.97 Å². The number of hydrogen-bond donors (Lipinski definition) is 0. The molecule has 1 radical (unpaired) electrons. The first kappa shape index (κ1) is 13.1. The Labute approximate surface area is 122 Å². The van der Waals surface area contributed by atoms with Crippen LogP contribution in [0.4, 0.5) is 0 Å². The van der Waals surface area contributed by atoms with E-state index in [1.54, 1.807) is 23.8 Å². The maximum Gasteiger partial charge on any atom is 0.225 e. The fourth-order valence-corrected chi connectivity index (χ4v) is 2.90. The zero-order chi connectivity index (χ0) is 13.8. The van der Waals surface area contributed by atoms with Crippen molar-refractivity contribution in [3.05, 3.63) is 47.9 Å². The van der Waals surface area contributed by atoms with Crippen LogP contribution in [-0.2, 0) is 6.42 Å². The van der Waals surface area contributed by atoms with Gasteiger partial charge in [0, 0.05) is 5.56 Å². The lowest BCUT2D eigenvalue weighted by atomic mass is 10.1. The van der Waals surface area contributed by atoms with Crippen molar-refractivity contribution in [2.45, 2.75) is 26.2 Å². The summed E-state index contributed by atoms with van der Waals surface area (Å²) in [6.45, 7) is 2.19. The van der Waals surface area contributed by atoms with Gasteiger partial charge in [-0.2, -0.15) is 0 Å². The van der Waals surface area contributed by atoms with Gasteiger partial charge in [-0.1, -0.05) is 25.5 Å². The molecule has 4 heteroatoms. The summed E-state index contributed by atoms with van der Waals surface area (Å²) in [6, 6.07) is 8.14. The van der Waals surface area contributed by atoms with Crippen molar-refractivity contribution in [2.75, 3.05) is 0 Å². The molecule has 3 aromatic rings. The molecule has 0 spiro atoms. The van der Waals surface area contributed by atoms with E-state index in [1.165, 1.54) is 12.8 Å². The summed E-state index contributed by atoms with van der Waals surface area (Å²) in [5, 5.41) is 1.16. The van der Waals surface area contributed by atoms with Crippen molar-refractivity contribution in [3.63, 3.8) is 0 Å². The van der Waals surface area contributed by atoms with Crippen LogP contribution in [0, 0.1) is 6.20 Å². The lowest BCUT2D eigenvalue weighted by Gasteiger charge is -1.99. The number of aromatic nitrogens is 2. The molecule has 0 N–H and O–H groups in total. The van der Waals surface area contributed by atoms with E-state index >= 15 is 0 Å². The molecular weight excluding hydrogens is 268 g/mol. The zero-order valence-electron chi connectivity index (χ0n) is 11.3. The second-order valence-corrected chi connectivity index (χ2v) is 5.65. The highest BCUT2D eigenvalue weighted by Gasteiger charge is 2.08. The fourth-order valence-electron chi connectivity index (χ4n) is 1.99. The maximum atomic E-state index is 5.34. The molecule has 3 rings (SSSR count). The molecule has 2 heterocycles. The minimum absolute atomic E-state index is 0.641. The van der Waals surface area contributed by atoms with Gasteiger partial charge in [0.15, 0.2) is 0 Å². The average molecular weight is 283 g/mol. The van der Waals surface area contributed by atoms with E-state index in [0.29, 0.717) is 5.89 Å². The smallest absolute Gasteiger partial charge is 0.225 e. The molecule has 3 nitrogen and oxygen atoms in total. The predicted octanol–water partition coefficient (Wildman–Crippen LogP) is 4.61. The predicted molar refractivity (Wildman–Crippen MR) is 80.5 cm³/mol. The van der Waals surface area contributed by atoms with Gasteiger partial charge in [-0.15, -0.1) is 11.3 Å². The molecule has 1 aromatic carbocycles. The molecule has 0 aliphatic carbocycles. The summed E-state index contributed by atoms with van der Waals surface area (Å²) >= 11 is 1.71. The summed E-state index contributed by atoms with van der Waals surface area (Å²) in [6.07, 6.45) is 9.77. The second kappa shape index (κ2) is 6.01. The van der Waals surface area contributed by atoms with Crippen molar-refractivity contribution in [1.82, 2.24) is 9.97 Å². The molecule has 2 aromatic heterocycles. The van der Waals surface area contributed by atoms with Gasteiger partial charge < -0.3 is 4.42 Å². The number of thiazole rings is 1. The Morgan fingerprint density at radius 2 is 2.20 bits per heavy atom. The average Bonchev–Trinajstić information content (AvgIpc) is 3.17. The number of hydrogen-bond acceptors (Lipinski definition) is 4. The number of benzene rings is 1. The van der Waals surface area contributed by atoms with Gasteiger partial charge in [-0.3, -0.25) is 0 Å². The lowest BCUT2D eigenvalue weighted by molar-refractivity contribution is 0.574. The monoisotopic (exact) mass is 283 g/mol. The van der Waals surface area contributed by atoms with Gasteiger partial charge in [0.25, 0.3) is 0 Å². The van der Waals surface area contributed by atoms with E-state index in [9.17, 15) is 0 Å². The Hall–Kier alpha value is -1.94. The molecule has 0 aliphatic heterocycles. The highest BCUT2D eigenvalue weighted by molar-refractivity contribution is 7.15. The lowest BCUT2D eigenvalue weighted by Crippen LogP contribution is -1.80. The number of aryl methyl sites for hydroxylation is 1. The maximum absolute atomic E-state index is 5.34. The molecule has 0 aliphatic rings. The van der Waals surface area contributed by atoms with Crippen LogP contribution >= 0.6 is 11.3 Å². The van der Waals surface area contributed by atoms with Gasteiger partial charge in [0.1, 0.15) is 12.5 Å². The summed E-state index contributed by atoms with van der Waals surface area (Å²) in [5.74, 6) is 0.641. The molecule has 101 valence electrons. The third-order valence-electron chi connectivity index (χ3n) is 3.05. The van der Waals surface area contributed by atoms with Crippen LogP contribution in [0.5, 0.6) is 0 Å². The van der Waals surface area contributed by atoms with Crippen molar-refractivity contribution in [2.24, 2.45) is 0 Å². The van der Waals surface area contributed by atoms with Crippen LogP contribution in [0.3, 0.4) is 0 Å². The van der Waals surface area contributed by atoms with Crippen LogP contribution in [-0.4, -0.2) is 9.97 Å². The van der Waals surface area contributed by atoms with Crippen molar-refractivity contribution >= 4 is 11.3 Å². The Morgan fingerprint density at radius 1 is 1.30 bits per heavy atom. The van der Waals surface area contributed by atoms with Crippen LogP contribution in [0.25, 0.3) is 21.9 Å². The SMILES string of the molecule is CCCCc1n[c]c(-c2cccc(-c3ncco3)c2)s1. The van der Waals surface area contributed by atoms with Gasteiger partial charge in [0.2, 0.25) is 5.89 Å². The van der Waals surface area contributed by atoms with Crippen molar-refractivity contribution < 1.29 is 4.42 Å². The fraction of sp³-hybridized carbons (Fsp3) is 0.250. The number of rotatable bonds is 5. The number of nitrogens with zero attached hydrogens (tertiary/aromatic N) is 2. The Morgan fingerprint density at radius 3 is 3.00 bits per heavy atom. The van der Waals surface area contributed by atoms with Crippen LogP contribution in [0.15, 0.2) is 41.1 Å². The van der Waals surface area contributed by atoms with Gasteiger partial charge in [0.05, 0.1) is 16.1 Å². The zero-order valence-corrected chi connectivity index (χ0v) is 12.1. The third-order valence-corrected chi connectivity index (χ3v) is 4.11. The molecule has 0 saturated heterocycles. The highest BCUT2D eigenvalue weighted by atomic mass is 32.1. The topological polar surface area (TPSA) is 38.9 Å². The minimum atomic E-state index is 0.641. The first-order valence-electron chi connectivity index (χ1n) is 6.74. The summed E-state index contributed by atoms with van der Waals surface area (Å²) in [4.78, 5) is 9.63. The van der Waals surface area contributed by atoms with E-state index in [4.69, 9.17) is 4.42 Å². The highest BCUT2D eigenvalue weighted by Crippen LogP contribution is 2.29. The number of unbranched alkanes of at least 4 members (excludes halogenated alkanes) is 1. The largest absolute Gasteiger partial charge is 0.445 e. The second-order valence-electron chi connectivity index (χ2n) is 4.57. The Balaban J connectivity index is 1.87. The first-order valence-corrected chi connectivity index (χ1v) is 7.56. The van der Waals surface area contributed by atoms with E-state index in [1.807, 2.05) is 12.1 Å². The Bertz CT molecular complexity index is 673. The number of oxazole rings is 1. The summed E-state index contributed by atoms with van der Waals surface area (Å²) in [7, 11) is 0. The van der Waals surface area contributed by atoms with Crippen LogP contribution in [0.1, 0.15) is 24.8 Å². The van der Waals surface area contributed by atoms with E-state index < -0.39 is 0 Å². The van der Waals surface area contributed by atoms with Crippen LogP contribution < -0.4 is 0 Å². The van der Waals surface area contributed by atoms with Crippen LogP contribution in [0.2, 0.25) is 0 Å². The molecular formula is C16H15N2OS. The molecule has 0 amide bonds. The molecule has 0 bridgehead atoms.